The first kappa shape index (κ1) is 16.2. The second-order valence-corrected chi connectivity index (χ2v) is 7.40. The molecule has 1 atom stereocenters. The number of thioether (sulfide) groups is 1. The third kappa shape index (κ3) is 2.53. The largest absolute Gasteiger partial charge is 0.479 e. The third-order valence-electron chi connectivity index (χ3n) is 4.73. The Bertz CT molecular complexity index is 799. The van der Waals surface area contributed by atoms with Crippen LogP contribution in [0.5, 0.6) is 0 Å². The lowest BCUT2D eigenvalue weighted by molar-refractivity contribution is -0.157. The molecule has 2 aliphatic rings. The summed E-state index contributed by atoms with van der Waals surface area (Å²) in [7, 11) is 0. The Labute approximate surface area is 149 Å². The van der Waals surface area contributed by atoms with Crippen molar-refractivity contribution in [2.75, 3.05) is 18.9 Å². The Morgan fingerprint density at radius 1 is 1.12 bits per heavy atom. The number of benzene rings is 2. The maximum atomic E-state index is 12.5. The summed E-state index contributed by atoms with van der Waals surface area (Å²) in [6.07, 6.45) is 0. The molecule has 1 aliphatic heterocycles. The van der Waals surface area contributed by atoms with Gasteiger partial charge in [0.05, 0.1) is 0 Å². The van der Waals surface area contributed by atoms with Crippen molar-refractivity contribution in [3.05, 3.63) is 59.7 Å². The van der Waals surface area contributed by atoms with Crippen LogP contribution in [-0.2, 0) is 14.3 Å². The van der Waals surface area contributed by atoms with Crippen LogP contribution in [0, 0.1) is 0 Å². The average molecular weight is 355 g/mol. The van der Waals surface area contributed by atoms with Crippen molar-refractivity contribution < 1.29 is 19.4 Å². The monoisotopic (exact) mass is 355 g/mol. The number of hydrogen-bond donors (Lipinski definition) is 2. The van der Waals surface area contributed by atoms with Gasteiger partial charge >= 0.3 is 11.9 Å². The molecule has 1 heterocycles. The zero-order valence-electron chi connectivity index (χ0n) is 13.4. The first-order valence-electron chi connectivity index (χ1n) is 8.11. The van der Waals surface area contributed by atoms with Crippen LogP contribution in [0.15, 0.2) is 48.5 Å². The number of fused-ring (bicyclic) bond motifs is 3. The molecule has 5 nitrogen and oxygen atoms in total. The van der Waals surface area contributed by atoms with E-state index in [0.29, 0.717) is 12.3 Å². The van der Waals surface area contributed by atoms with Crippen molar-refractivity contribution in [3.63, 3.8) is 0 Å². The fourth-order valence-corrected chi connectivity index (χ4v) is 4.55. The van der Waals surface area contributed by atoms with E-state index in [1.807, 2.05) is 36.4 Å². The summed E-state index contributed by atoms with van der Waals surface area (Å²) < 4.78 is 5.49. The number of rotatable bonds is 4. The topological polar surface area (TPSA) is 75.6 Å². The van der Waals surface area contributed by atoms with Gasteiger partial charge in [0, 0.05) is 18.2 Å². The first-order chi connectivity index (χ1) is 12.1. The molecule has 4 rings (SSSR count). The minimum absolute atomic E-state index is 0.0754. The maximum absolute atomic E-state index is 12.5. The quantitative estimate of drug-likeness (QED) is 0.648. The number of esters is 1. The summed E-state index contributed by atoms with van der Waals surface area (Å²) >= 11 is 1.07. The average Bonchev–Trinajstić information content (AvgIpc) is 3.24. The molecule has 2 aromatic rings. The molecular formula is C19H17NO4S. The highest BCUT2D eigenvalue weighted by atomic mass is 32.2. The Balaban J connectivity index is 1.59. The van der Waals surface area contributed by atoms with Crippen molar-refractivity contribution in [3.8, 4) is 11.1 Å². The van der Waals surface area contributed by atoms with E-state index in [-0.39, 0.29) is 12.5 Å². The molecule has 25 heavy (non-hydrogen) atoms. The lowest BCUT2D eigenvalue weighted by Crippen LogP contribution is -2.53. The predicted molar refractivity (Wildman–Crippen MR) is 95.5 cm³/mol. The van der Waals surface area contributed by atoms with E-state index in [1.54, 1.807) is 0 Å². The first-order valence-corrected chi connectivity index (χ1v) is 9.10. The molecule has 0 unspecified atom stereocenters. The summed E-state index contributed by atoms with van der Waals surface area (Å²) in [5.41, 5.74) is 4.49. The Morgan fingerprint density at radius 3 is 2.24 bits per heavy atom. The molecule has 0 radical (unpaired) electrons. The van der Waals surface area contributed by atoms with E-state index in [0.717, 1.165) is 34.0 Å². The smallest absolute Gasteiger partial charge is 0.348 e. The number of aliphatic carboxylic acids is 1. The molecule has 1 fully saturated rings. The maximum Gasteiger partial charge on any atom is 0.348 e. The summed E-state index contributed by atoms with van der Waals surface area (Å²) in [6.45, 7) is 0.602. The van der Waals surface area contributed by atoms with Gasteiger partial charge in [-0.1, -0.05) is 48.5 Å². The standard InChI is InChI=1S/C19H17NO4S/c21-17(22)19(20-9-10-25-19)18(23)24-11-16-14-7-3-1-5-12(14)13-6-2-4-8-15(13)16/h1-8,16,20H,9-11H2,(H,21,22)/t19-/m0/s1. The summed E-state index contributed by atoms with van der Waals surface area (Å²) in [5, 5.41) is 12.2. The molecule has 0 spiro atoms. The van der Waals surface area contributed by atoms with Gasteiger partial charge in [0.15, 0.2) is 0 Å². The number of carbonyl (C=O) groups is 2. The lowest BCUT2D eigenvalue weighted by Gasteiger charge is -2.23. The molecule has 2 aromatic carbocycles. The number of hydrogen-bond acceptors (Lipinski definition) is 5. The molecule has 1 aliphatic carbocycles. The van der Waals surface area contributed by atoms with Crippen LogP contribution >= 0.6 is 11.8 Å². The van der Waals surface area contributed by atoms with Crippen LogP contribution in [0.25, 0.3) is 11.1 Å². The van der Waals surface area contributed by atoms with Crippen molar-refractivity contribution in [2.24, 2.45) is 0 Å². The fraction of sp³-hybridized carbons (Fsp3) is 0.263. The van der Waals surface area contributed by atoms with Crippen LogP contribution < -0.4 is 5.32 Å². The van der Waals surface area contributed by atoms with Gasteiger partial charge in [0.1, 0.15) is 6.61 Å². The van der Waals surface area contributed by atoms with Crippen molar-refractivity contribution in [2.45, 2.75) is 10.8 Å². The van der Waals surface area contributed by atoms with Crippen molar-refractivity contribution in [1.29, 1.82) is 0 Å². The van der Waals surface area contributed by atoms with E-state index in [1.165, 1.54) is 0 Å². The zero-order chi connectivity index (χ0) is 17.4. The number of ether oxygens (including phenoxy) is 1. The van der Waals surface area contributed by atoms with E-state index < -0.39 is 16.8 Å². The number of nitrogens with one attached hydrogen (secondary N) is 1. The van der Waals surface area contributed by atoms with E-state index in [9.17, 15) is 14.7 Å². The number of carbonyl (C=O) groups excluding carboxylic acids is 1. The molecule has 1 saturated heterocycles. The second-order valence-electron chi connectivity index (χ2n) is 6.09. The van der Waals surface area contributed by atoms with E-state index in [4.69, 9.17) is 4.74 Å². The van der Waals surface area contributed by atoms with Crippen LogP contribution in [-0.4, -0.2) is 40.8 Å². The predicted octanol–water partition coefficient (Wildman–Crippen LogP) is 2.46. The van der Waals surface area contributed by atoms with Gasteiger partial charge < -0.3 is 9.84 Å². The second kappa shape index (κ2) is 6.20. The van der Waals surface area contributed by atoms with Gasteiger partial charge in [-0.3, -0.25) is 5.32 Å². The van der Waals surface area contributed by atoms with Gasteiger partial charge in [-0.25, -0.2) is 9.59 Å². The van der Waals surface area contributed by atoms with Gasteiger partial charge in [-0.2, -0.15) is 0 Å². The van der Waals surface area contributed by atoms with Gasteiger partial charge in [0.2, 0.25) is 0 Å². The van der Waals surface area contributed by atoms with Crippen molar-refractivity contribution in [1.82, 2.24) is 5.32 Å². The normalized spacial score (nSPS) is 21.6. The Hall–Kier alpha value is -2.31. The van der Waals surface area contributed by atoms with Gasteiger partial charge in [-0.05, 0) is 22.3 Å². The lowest BCUT2D eigenvalue weighted by atomic mass is 9.98. The van der Waals surface area contributed by atoms with Crippen LogP contribution in [0.1, 0.15) is 17.0 Å². The Kier molecular flexibility index (Phi) is 4.01. The van der Waals surface area contributed by atoms with E-state index in [2.05, 4.69) is 17.4 Å². The van der Waals surface area contributed by atoms with Crippen LogP contribution in [0.3, 0.4) is 0 Å². The molecule has 0 saturated carbocycles. The molecule has 0 bridgehead atoms. The van der Waals surface area contributed by atoms with Gasteiger partial charge in [0.25, 0.3) is 4.87 Å². The van der Waals surface area contributed by atoms with Crippen molar-refractivity contribution >= 4 is 23.7 Å². The SMILES string of the molecule is O=C(O)[C@]1(C(=O)OCC2c3ccccc3-c3ccccc32)NCCS1. The highest BCUT2D eigenvalue weighted by Gasteiger charge is 2.51. The molecular weight excluding hydrogens is 338 g/mol. The molecule has 6 heteroatoms. The highest BCUT2D eigenvalue weighted by molar-refractivity contribution is 8.02. The van der Waals surface area contributed by atoms with Crippen LogP contribution in [0.2, 0.25) is 0 Å². The molecule has 128 valence electrons. The molecule has 0 aromatic heterocycles. The summed E-state index contributed by atoms with van der Waals surface area (Å²) in [4.78, 5) is 22.4. The molecule has 2 N–H and O–H groups in total. The summed E-state index contributed by atoms with van der Waals surface area (Å²) in [5.74, 6) is -1.44. The minimum Gasteiger partial charge on any atom is -0.479 e. The number of carboxylic acid groups (broad SMARTS) is 1. The minimum atomic E-state index is -1.68. The Morgan fingerprint density at radius 2 is 1.72 bits per heavy atom. The van der Waals surface area contributed by atoms with E-state index >= 15 is 0 Å². The highest BCUT2D eigenvalue weighted by Crippen LogP contribution is 2.44. The number of carboxylic acids is 1. The molecule has 0 amide bonds. The zero-order valence-corrected chi connectivity index (χ0v) is 14.2. The summed E-state index contributed by atoms with van der Waals surface area (Å²) in [6, 6.07) is 16.1. The third-order valence-corrected chi connectivity index (χ3v) is 6.05. The van der Waals surface area contributed by atoms with Crippen LogP contribution in [0.4, 0.5) is 0 Å². The fourth-order valence-electron chi connectivity index (χ4n) is 3.54. The van der Waals surface area contributed by atoms with Gasteiger partial charge in [-0.15, -0.1) is 11.8 Å².